The molecule has 76 valence electrons. The van der Waals surface area contributed by atoms with Crippen LogP contribution in [0.25, 0.3) is 0 Å². The van der Waals surface area contributed by atoms with E-state index in [1.807, 2.05) is 0 Å². The van der Waals surface area contributed by atoms with Gasteiger partial charge < -0.3 is 5.32 Å². The first-order valence-electron chi connectivity index (χ1n) is 4.20. The van der Waals surface area contributed by atoms with Crippen molar-refractivity contribution in [2.24, 2.45) is 0 Å². The molecule has 0 atom stereocenters. The Morgan fingerprint density at radius 1 is 0.929 bits per heavy atom. The third-order valence-corrected chi connectivity index (χ3v) is 3.51. The molecule has 1 nitrogen and oxygen atoms in total. The van der Waals surface area contributed by atoms with Crippen molar-refractivity contribution in [3.63, 3.8) is 0 Å². The lowest BCUT2D eigenvalue weighted by Gasteiger charge is -1.99. The molecule has 0 aromatic carbocycles. The molecule has 0 aliphatic carbocycles. The second-order valence-corrected chi connectivity index (χ2v) is 4.83. The molecule has 0 aliphatic rings. The zero-order valence-corrected chi connectivity index (χ0v) is 10.1. The van der Waals surface area contributed by atoms with Gasteiger partial charge in [-0.3, -0.25) is 0 Å². The molecule has 0 spiro atoms. The highest BCUT2D eigenvalue weighted by Gasteiger charge is 1.94. The van der Waals surface area contributed by atoms with Crippen molar-refractivity contribution in [1.29, 1.82) is 0 Å². The summed E-state index contributed by atoms with van der Waals surface area (Å²) in [6, 6.07) is 8.50. The van der Waals surface area contributed by atoms with Gasteiger partial charge in [-0.15, -0.1) is 35.1 Å². The molecule has 2 heterocycles. The van der Waals surface area contributed by atoms with Gasteiger partial charge in [0.15, 0.2) is 0 Å². The van der Waals surface area contributed by atoms with E-state index in [4.69, 9.17) is 0 Å². The number of thiophene rings is 2. The van der Waals surface area contributed by atoms with Crippen molar-refractivity contribution in [1.82, 2.24) is 5.32 Å². The van der Waals surface area contributed by atoms with Gasteiger partial charge in [-0.05, 0) is 22.9 Å². The van der Waals surface area contributed by atoms with Gasteiger partial charge in [-0.25, -0.2) is 0 Å². The average molecular weight is 246 g/mol. The van der Waals surface area contributed by atoms with E-state index in [0.717, 1.165) is 13.1 Å². The topological polar surface area (TPSA) is 12.0 Å². The van der Waals surface area contributed by atoms with Crippen LogP contribution in [0.5, 0.6) is 0 Å². The number of hydrogen-bond acceptors (Lipinski definition) is 3. The molecular weight excluding hydrogens is 234 g/mol. The van der Waals surface area contributed by atoms with Gasteiger partial charge >= 0.3 is 0 Å². The summed E-state index contributed by atoms with van der Waals surface area (Å²) in [6.45, 7) is 1.96. The van der Waals surface area contributed by atoms with E-state index in [0.29, 0.717) is 0 Å². The maximum atomic E-state index is 3.41. The highest BCUT2D eigenvalue weighted by atomic mass is 35.5. The van der Waals surface area contributed by atoms with Crippen LogP contribution in [0.3, 0.4) is 0 Å². The Kier molecular flexibility index (Phi) is 5.19. The molecule has 14 heavy (non-hydrogen) atoms. The number of hydrogen-bond donors (Lipinski definition) is 1. The van der Waals surface area contributed by atoms with Crippen molar-refractivity contribution in [3.8, 4) is 0 Å². The first kappa shape index (κ1) is 11.7. The van der Waals surface area contributed by atoms with Gasteiger partial charge in [0, 0.05) is 22.8 Å². The Hall–Kier alpha value is -0.350. The van der Waals surface area contributed by atoms with Gasteiger partial charge in [0.2, 0.25) is 0 Å². The van der Waals surface area contributed by atoms with E-state index in [2.05, 4.69) is 40.3 Å². The summed E-state index contributed by atoms with van der Waals surface area (Å²) in [6.07, 6.45) is 0. The summed E-state index contributed by atoms with van der Waals surface area (Å²) >= 11 is 3.60. The van der Waals surface area contributed by atoms with Crippen LogP contribution in [0.15, 0.2) is 35.0 Å². The molecule has 0 radical (unpaired) electrons. The highest BCUT2D eigenvalue weighted by molar-refractivity contribution is 7.10. The molecule has 4 heteroatoms. The molecule has 2 aromatic heterocycles. The van der Waals surface area contributed by atoms with E-state index >= 15 is 0 Å². The second kappa shape index (κ2) is 6.19. The second-order valence-electron chi connectivity index (χ2n) is 2.76. The third kappa shape index (κ3) is 3.42. The van der Waals surface area contributed by atoms with Crippen molar-refractivity contribution in [3.05, 3.63) is 44.8 Å². The van der Waals surface area contributed by atoms with Gasteiger partial charge in [0.05, 0.1) is 0 Å². The normalized spacial score (nSPS) is 9.71. The Bertz CT molecular complexity index is 295. The predicted octanol–water partition coefficient (Wildman–Crippen LogP) is 3.52. The Morgan fingerprint density at radius 2 is 1.43 bits per heavy atom. The lowest BCUT2D eigenvalue weighted by Crippen LogP contribution is -2.10. The number of halogens is 1. The molecule has 0 saturated heterocycles. The van der Waals surface area contributed by atoms with Crippen LogP contribution in [0, 0.1) is 0 Å². The number of rotatable bonds is 4. The van der Waals surface area contributed by atoms with E-state index in [9.17, 15) is 0 Å². The van der Waals surface area contributed by atoms with Crippen molar-refractivity contribution in [2.45, 2.75) is 13.1 Å². The van der Waals surface area contributed by atoms with Crippen LogP contribution in [-0.4, -0.2) is 0 Å². The zero-order valence-electron chi connectivity index (χ0n) is 7.60. The molecule has 2 aromatic rings. The minimum atomic E-state index is 0. The fourth-order valence-electron chi connectivity index (χ4n) is 1.14. The van der Waals surface area contributed by atoms with Crippen LogP contribution < -0.4 is 5.32 Å². The van der Waals surface area contributed by atoms with E-state index in [1.165, 1.54) is 9.75 Å². The van der Waals surface area contributed by atoms with Crippen LogP contribution in [0.2, 0.25) is 0 Å². The van der Waals surface area contributed by atoms with E-state index in [1.54, 1.807) is 22.7 Å². The molecule has 0 saturated carbocycles. The van der Waals surface area contributed by atoms with Crippen molar-refractivity contribution < 1.29 is 0 Å². The minimum Gasteiger partial charge on any atom is -0.307 e. The third-order valence-electron chi connectivity index (χ3n) is 1.76. The molecule has 0 bridgehead atoms. The fourth-order valence-corrected chi connectivity index (χ4v) is 2.48. The highest BCUT2D eigenvalue weighted by Crippen LogP contribution is 2.10. The van der Waals surface area contributed by atoms with Crippen molar-refractivity contribution >= 4 is 35.1 Å². The van der Waals surface area contributed by atoms with Gasteiger partial charge in [-0.1, -0.05) is 12.1 Å². The maximum Gasteiger partial charge on any atom is 0.0303 e. The van der Waals surface area contributed by atoms with Crippen LogP contribution in [0.1, 0.15) is 9.75 Å². The molecule has 0 fully saturated rings. The summed E-state index contributed by atoms with van der Waals surface area (Å²) in [5, 5.41) is 7.64. The quantitative estimate of drug-likeness (QED) is 0.869. The molecular formula is C10H12ClNS2. The summed E-state index contributed by atoms with van der Waals surface area (Å²) in [5.41, 5.74) is 0. The van der Waals surface area contributed by atoms with Gasteiger partial charge in [0.25, 0.3) is 0 Å². The van der Waals surface area contributed by atoms with Crippen LogP contribution in [0.4, 0.5) is 0 Å². The van der Waals surface area contributed by atoms with E-state index < -0.39 is 0 Å². The molecule has 0 unspecified atom stereocenters. The smallest absolute Gasteiger partial charge is 0.0303 e. The first-order chi connectivity index (χ1) is 6.45. The molecule has 0 amide bonds. The van der Waals surface area contributed by atoms with Crippen LogP contribution in [-0.2, 0) is 13.1 Å². The molecule has 2 rings (SSSR count). The Morgan fingerprint density at radius 3 is 1.79 bits per heavy atom. The standard InChI is InChI=1S/C10H11NS2.ClH/c1-3-9(12-5-1)7-11-8-10-4-2-6-13-10;/h1-6,11H,7-8H2;1H. The SMILES string of the molecule is Cl.c1csc(CNCc2cccs2)c1. The Labute approximate surface area is 98.2 Å². The minimum absolute atomic E-state index is 0. The fraction of sp³-hybridized carbons (Fsp3) is 0.200. The van der Waals surface area contributed by atoms with Gasteiger partial charge in [-0.2, -0.15) is 0 Å². The largest absolute Gasteiger partial charge is 0.307 e. The summed E-state index contributed by atoms with van der Waals surface area (Å²) in [7, 11) is 0. The zero-order chi connectivity index (χ0) is 8.93. The monoisotopic (exact) mass is 245 g/mol. The summed E-state index contributed by atoms with van der Waals surface area (Å²) in [5.74, 6) is 0. The van der Waals surface area contributed by atoms with Crippen molar-refractivity contribution in [2.75, 3.05) is 0 Å². The lowest BCUT2D eigenvalue weighted by molar-refractivity contribution is 0.709. The molecule has 1 N–H and O–H groups in total. The first-order valence-corrected chi connectivity index (χ1v) is 5.96. The molecule has 0 aliphatic heterocycles. The van der Waals surface area contributed by atoms with Crippen LogP contribution >= 0.6 is 35.1 Å². The number of nitrogens with one attached hydrogen (secondary N) is 1. The van der Waals surface area contributed by atoms with Gasteiger partial charge in [0.1, 0.15) is 0 Å². The summed E-state index contributed by atoms with van der Waals surface area (Å²) < 4.78 is 0. The predicted molar refractivity (Wildman–Crippen MR) is 66.4 cm³/mol. The Balaban J connectivity index is 0.000000980. The average Bonchev–Trinajstić information content (AvgIpc) is 2.75. The lowest BCUT2D eigenvalue weighted by atomic mass is 10.4. The summed E-state index contributed by atoms with van der Waals surface area (Å²) in [4.78, 5) is 2.80. The van der Waals surface area contributed by atoms with E-state index in [-0.39, 0.29) is 12.4 Å². The maximum absolute atomic E-state index is 3.41.